The number of ether oxygens (including phenoxy) is 1. The number of aromatic nitrogens is 3. The molecule has 7 heteroatoms. The molecule has 0 radical (unpaired) electrons. The minimum absolute atomic E-state index is 0.0509. The van der Waals surface area contributed by atoms with Crippen molar-refractivity contribution in [1.82, 2.24) is 20.1 Å². The molecule has 2 aromatic heterocycles. The molecule has 3 heterocycles. The maximum atomic E-state index is 11.8. The van der Waals surface area contributed by atoms with E-state index in [0.717, 1.165) is 16.6 Å². The van der Waals surface area contributed by atoms with Crippen molar-refractivity contribution in [3.05, 3.63) is 41.6 Å². The van der Waals surface area contributed by atoms with E-state index in [4.69, 9.17) is 4.74 Å². The van der Waals surface area contributed by atoms with Crippen molar-refractivity contribution < 1.29 is 14.6 Å². The summed E-state index contributed by atoms with van der Waals surface area (Å²) < 4.78 is 5.64. The summed E-state index contributed by atoms with van der Waals surface area (Å²) in [5.74, 6) is 0.281. The average molecular weight is 366 g/mol. The number of aromatic amines is 1. The van der Waals surface area contributed by atoms with Gasteiger partial charge in [-0.25, -0.2) is 0 Å². The summed E-state index contributed by atoms with van der Waals surface area (Å²) in [5, 5.41) is 19.6. The van der Waals surface area contributed by atoms with Gasteiger partial charge in [-0.1, -0.05) is 12.1 Å². The van der Waals surface area contributed by atoms with Crippen molar-refractivity contribution in [3.8, 4) is 17.0 Å². The molecule has 140 valence electrons. The number of aromatic hydroxyl groups is 1. The number of carbonyl (C=O) groups excluding carboxylic acids is 1. The first-order chi connectivity index (χ1) is 13.0. The van der Waals surface area contributed by atoms with Gasteiger partial charge in [0.2, 0.25) is 5.91 Å². The van der Waals surface area contributed by atoms with Gasteiger partial charge in [-0.15, -0.1) is 10.2 Å². The van der Waals surface area contributed by atoms with Gasteiger partial charge in [-0.2, -0.15) is 0 Å². The Balaban J connectivity index is 1.77. The topological polar surface area (TPSA) is 91.3 Å². The zero-order valence-electron chi connectivity index (χ0n) is 15.6. The van der Waals surface area contributed by atoms with Gasteiger partial charge in [-0.3, -0.25) is 4.79 Å². The Morgan fingerprint density at radius 1 is 1.30 bits per heavy atom. The van der Waals surface area contributed by atoms with Gasteiger partial charge in [0.25, 0.3) is 0 Å². The summed E-state index contributed by atoms with van der Waals surface area (Å²) in [6.45, 7) is 4.81. The summed E-state index contributed by atoms with van der Waals surface area (Å²) in [7, 11) is 1.68. The van der Waals surface area contributed by atoms with Gasteiger partial charge in [0.15, 0.2) is 5.65 Å². The van der Waals surface area contributed by atoms with Gasteiger partial charge in [0.1, 0.15) is 5.75 Å². The maximum Gasteiger partial charge on any atom is 0.219 e. The van der Waals surface area contributed by atoms with E-state index in [1.54, 1.807) is 26.2 Å². The standard InChI is InChI=1S/C20H22N4O3/c1-11-14-8-16(13-6-4-5-7-17(13)26)22-23-20(14)21-19(11)15-9-24(12(2)25)10-18(15)27-3/h4-8,15,18,26H,9-10H2,1-3H3,(H,21,23)/t15-,18+/m1/s1. The van der Waals surface area contributed by atoms with Crippen molar-refractivity contribution in [2.45, 2.75) is 25.9 Å². The molecule has 1 aliphatic heterocycles. The lowest BCUT2D eigenvalue weighted by atomic mass is 9.98. The van der Waals surface area contributed by atoms with Crippen molar-refractivity contribution in [2.75, 3.05) is 20.2 Å². The molecule has 7 nitrogen and oxygen atoms in total. The first kappa shape index (κ1) is 17.5. The zero-order valence-corrected chi connectivity index (χ0v) is 15.6. The predicted octanol–water partition coefficient (Wildman–Crippen LogP) is 2.60. The minimum atomic E-state index is -0.0636. The molecule has 1 amide bonds. The summed E-state index contributed by atoms with van der Waals surface area (Å²) >= 11 is 0. The number of likely N-dealkylation sites (tertiary alicyclic amines) is 1. The highest BCUT2D eigenvalue weighted by molar-refractivity contribution is 5.85. The molecule has 3 aromatic rings. The van der Waals surface area contributed by atoms with E-state index in [2.05, 4.69) is 15.2 Å². The number of H-pyrrole nitrogens is 1. The molecular formula is C20H22N4O3. The number of nitrogens with one attached hydrogen (secondary N) is 1. The SMILES string of the molecule is CO[C@H]1CN(C(C)=O)C[C@H]1c1[nH]c2nnc(-c3ccccc3O)cc2c1C. The second-order valence-electron chi connectivity index (χ2n) is 6.98. The van der Waals surface area contributed by atoms with Crippen LogP contribution in [0.2, 0.25) is 0 Å². The molecule has 0 bridgehead atoms. The number of phenolic OH excluding ortho intramolecular Hbond substituents is 1. The third-order valence-electron chi connectivity index (χ3n) is 5.42. The molecule has 1 fully saturated rings. The molecule has 1 aromatic carbocycles. The van der Waals surface area contributed by atoms with Crippen molar-refractivity contribution in [3.63, 3.8) is 0 Å². The number of carbonyl (C=O) groups is 1. The third-order valence-corrected chi connectivity index (χ3v) is 5.42. The number of amides is 1. The van der Waals surface area contributed by atoms with E-state index in [9.17, 15) is 9.90 Å². The predicted molar refractivity (Wildman–Crippen MR) is 102 cm³/mol. The zero-order chi connectivity index (χ0) is 19.1. The van der Waals surface area contributed by atoms with Gasteiger partial charge >= 0.3 is 0 Å². The fourth-order valence-corrected chi connectivity index (χ4v) is 3.88. The Hall–Kier alpha value is -2.93. The Labute approximate surface area is 157 Å². The third kappa shape index (κ3) is 2.94. The molecule has 2 atom stereocenters. The number of phenols is 1. The number of methoxy groups -OCH3 is 1. The van der Waals surface area contributed by atoms with E-state index >= 15 is 0 Å². The molecule has 0 unspecified atom stereocenters. The molecule has 0 spiro atoms. The largest absolute Gasteiger partial charge is 0.507 e. The molecule has 0 saturated carbocycles. The Kier molecular flexibility index (Phi) is 4.31. The molecule has 1 aliphatic rings. The van der Waals surface area contributed by atoms with Crippen LogP contribution in [0.3, 0.4) is 0 Å². The highest BCUT2D eigenvalue weighted by Gasteiger charge is 2.37. The molecule has 0 aliphatic carbocycles. The number of nitrogens with zero attached hydrogens (tertiary/aromatic N) is 3. The Bertz CT molecular complexity index is 1010. The fraction of sp³-hybridized carbons (Fsp3) is 0.350. The summed E-state index contributed by atoms with van der Waals surface area (Å²) in [6.07, 6.45) is -0.0636. The van der Waals surface area contributed by atoms with Gasteiger partial charge in [0, 0.05) is 49.7 Å². The quantitative estimate of drug-likeness (QED) is 0.743. The van der Waals surface area contributed by atoms with E-state index in [0.29, 0.717) is 30.0 Å². The summed E-state index contributed by atoms with van der Waals surface area (Å²) in [6, 6.07) is 9.02. The van der Waals surface area contributed by atoms with Crippen LogP contribution in [0.1, 0.15) is 24.1 Å². The number of hydrogen-bond acceptors (Lipinski definition) is 5. The van der Waals surface area contributed by atoms with Crippen LogP contribution in [0, 0.1) is 6.92 Å². The van der Waals surface area contributed by atoms with E-state index in [1.165, 1.54) is 0 Å². The van der Waals surface area contributed by atoms with E-state index in [1.807, 2.05) is 30.0 Å². The number of benzene rings is 1. The first-order valence-electron chi connectivity index (χ1n) is 8.92. The van der Waals surface area contributed by atoms with Gasteiger partial charge in [0.05, 0.1) is 11.8 Å². The average Bonchev–Trinajstić information content (AvgIpc) is 3.23. The molecule has 4 rings (SSSR count). The lowest BCUT2D eigenvalue weighted by Crippen LogP contribution is -2.27. The normalized spacial score (nSPS) is 19.7. The lowest BCUT2D eigenvalue weighted by molar-refractivity contribution is -0.128. The second-order valence-corrected chi connectivity index (χ2v) is 6.98. The summed E-state index contributed by atoms with van der Waals surface area (Å²) in [4.78, 5) is 17.0. The maximum absolute atomic E-state index is 11.8. The highest BCUT2D eigenvalue weighted by Crippen LogP contribution is 2.35. The van der Waals surface area contributed by atoms with Crippen LogP contribution < -0.4 is 0 Å². The number of fused-ring (bicyclic) bond motifs is 1. The first-order valence-corrected chi connectivity index (χ1v) is 8.92. The monoisotopic (exact) mass is 366 g/mol. The van der Waals surface area contributed by atoms with Crippen molar-refractivity contribution in [1.29, 1.82) is 0 Å². The minimum Gasteiger partial charge on any atom is -0.507 e. The van der Waals surface area contributed by atoms with Crippen LogP contribution in [-0.2, 0) is 9.53 Å². The van der Waals surface area contributed by atoms with Crippen LogP contribution in [0.4, 0.5) is 0 Å². The van der Waals surface area contributed by atoms with Gasteiger partial charge in [-0.05, 0) is 30.7 Å². The number of hydrogen-bond donors (Lipinski definition) is 2. The second kappa shape index (κ2) is 6.66. The van der Waals surface area contributed by atoms with Crippen molar-refractivity contribution >= 4 is 16.9 Å². The molecule has 1 saturated heterocycles. The van der Waals surface area contributed by atoms with E-state index in [-0.39, 0.29) is 23.7 Å². The molecule has 2 N–H and O–H groups in total. The van der Waals surface area contributed by atoms with Crippen LogP contribution >= 0.6 is 0 Å². The highest BCUT2D eigenvalue weighted by atomic mass is 16.5. The number of aryl methyl sites for hydroxylation is 1. The number of para-hydroxylation sites is 1. The molecular weight excluding hydrogens is 344 g/mol. The van der Waals surface area contributed by atoms with Crippen molar-refractivity contribution in [2.24, 2.45) is 0 Å². The van der Waals surface area contributed by atoms with Crippen LogP contribution in [-0.4, -0.2) is 57.4 Å². The van der Waals surface area contributed by atoms with Crippen LogP contribution in [0.25, 0.3) is 22.3 Å². The van der Waals surface area contributed by atoms with Crippen LogP contribution in [0.15, 0.2) is 30.3 Å². The number of rotatable bonds is 3. The fourth-order valence-electron chi connectivity index (χ4n) is 3.88. The van der Waals surface area contributed by atoms with Gasteiger partial charge < -0.3 is 19.7 Å². The van der Waals surface area contributed by atoms with Crippen LogP contribution in [0.5, 0.6) is 5.75 Å². The van der Waals surface area contributed by atoms with E-state index < -0.39 is 0 Å². The molecule has 27 heavy (non-hydrogen) atoms. The lowest BCUT2D eigenvalue weighted by Gasteiger charge is -2.16. The smallest absolute Gasteiger partial charge is 0.219 e. The Morgan fingerprint density at radius 2 is 2.07 bits per heavy atom. The summed E-state index contributed by atoms with van der Waals surface area (Å²) in [5.41, 5.74) is 4.04. The Morgan fingerprint density at radius 3 is 2.78 bits per heavy atom.